The molecule has 11 heteroatoms. The topological polar surface area (TPSA) is 129 Å². The van der Waals surface area contributed by atoms with Gasteiger partial charge in [0.15, 0.2) is 5.16 Å². The standard InChI is InChI=1S/C21H17N7O3S/c1-13-9-14(2)25-21(24-13)32-17-6-4-16(5-7-17)26-20(29)15-3-8-18(19(10-15)28(30)31)27-12-22-11-23-27/h3-12H,1-2H3,(H,26,29). The van der Waals surface area contributed by atoms with Crippen molar-refractivity contribution in [2.45, 2.75) is 23.9 Å². The molecule has 4 rings (SSSR count). The summed E-state index contributed by atoms with van der Waals surface area (Å²) in [6.07, 6.45) is 2.63. The van der Waals surface area contributed by atoms with Gasteiger partial charge in [-0.15, -0.1) is 0 Å². The Bertz CT molecular complexity index is 1270. The molecule has 0 radical (unpaired) electrons. The normalized spacial score (nSPS) is 10.7. The number of nitrogens with one attached hydrogen (secondary N) is 1. The van der Waals surface area contributed by atoms with Gasteiger partial charge in [0.05, 0.1) is 4.92 Å². The van der Waals surface area contributed by atoms with Gasteiger partial charge in [0.25, 0.3) is 11.6 Å². The molecule has 2 heterocycles. The van der Waals surface area contributed by atoms with Gasteiger partial charge in [-0.3, -0.25) is 14.9 Å². The summed E-state index contributed by atoms with van der Waals surface area (Å²) in [7, 11) is 0. The number of carbonyl (C=O) groups excluding carboxylic acids is 1. The van der Waals surface area contributed by atoms with E-state index in [1.165, 1.54) is 47.3 Å². The molecule has 2 aromatic heterocycles. The van der Waals surface area contributed by atoms with E-state index in [0.29, 0.717) is 10.8 Å². The zero-order chi connectivity index (χ0) is 22.7. The monoisotopic (exact) mass is 447 g/mol. The first-order valence-corrected chi connectivity index (χ1v) is 10.3. The van der Waals surface area contributed by atoms with Crippen LogP contribution in [0.4, 0.5) is 11.4 Å². The molecule has 0 aliphatic heterocycles. The lowest BCUT2D eigenvalue weighted by molar-refractivity contribution is -0.384. The van der Waals surface area contributed by atoms with Crippen LogP contribution < -0.4 is 5.32 Å². The summed E-state index contributed by atoms with van der Waals surface area (Å²) in [4.78, 5) is 37.1. The Balaban J connectivity index is 1.49. The molecule has 0 atom stereocenters. The van der Waals surface area contributed by atoms with Crippen molar-refractivity contribution in [1.82, 2.24) is 24.7 Å². The average molecular weight is 447 g/mol. The number of nitro benzene ring substituents is 1. The van der Waals surface area contributed by atoms with Crippen molar-refractivity contribution < 1.29 is 9.72 Å². The Labute approximate surface area is 186 Å². The molecule has 10 nitrogen and oxygen atoms in total. The number of anilines is 1. The predicted octanol–water partition coefficient (Wildman–Crippen LogP) is 3.99. The van der Waals surface area contributed by atoms with E-state index >= 15 is 0 Å². The maximum absolute atomic E-state index is 12.6. The number of nitro groups is 1. The minimum Gasteiger partial charge on any atom is -0.322 e. The van der Waals surface area contributed by atoms with E-state index in [-0.39, 0.29) is 16.9 Å². The van der Waals surface area contributed by atoms with Gasteiger partial charge in [-0.25, -0.2) is 19.6 Å². The molecule has 0 unspecified atom stereocenters. The molecule has 0 fully saturated rings. The second kappa shape index (κ2) is 8.94. The fourth-order valence-electron chi connectivity index (χ4n) is 2.99. The second-order valence-corrected chi connectivity index (χ2v) is 7.86. The Kier molecular flexibility index (Phi) is 5.90. The number of hydrogen-bond donors (Lipinski definition) is 1. The minimum absolute atomic E-state index is 0.155. The first-order valence-electron chi connectivity index (χ1n) is 9.44. The number of carbonyl (C=O) groups is 1. The van der Waals surface area contributed by atoms with Crippen LogP contribution >= 0.6 is 11.8 Å². The highest BCUT2D eigenvalue weighted by Gasteiger charge is 2.19. The average Bonchev–Trinajstić information content (AvgIpc) is 3.28. The van der Waals surface area contributed by atoms with E-state index in [1.54, 1.807) is 12.1 Å². The van der Waals surface area contributed by atoms with E-state index in [4.69, 9.17) is 0 Å². The van der Waals surface area contributed by atoms with Crippen molar-refractivity contribution in [2.75, 3.05) is 5.32 Å². The predicted molar refractivity (Wildman–Crippen MR) is 118 cm³/mol. The van der Waals surface area contributed by atoms with Crippen LogP contribution in [-0.4, -0.2) is 35.6 Å². The molecule has 1 amide bonds. The molecular weight excluding hydrogens is 430 g/mol. The number of rotatable bonds is 6. The summed E-state index contributed by atoms with van der Waals surface area (Å²) in [5, 5.41) is 18.8. The highest BCUT2D eigenvalue weighted by atomic mass is 32.2. The van der Waals surface area contributed by atoms with Crippen LogP contribution in [-0.2, 0) is 0 Å². The zero-order valence-corrected chi connectivity index (χ0v) is 17.9. The van der Waals surface area contributed by atoms with Crippen molar-refractivity contribution >= 4 is 29.0 Å². The third-order valence-corrected chi connectivity index (χ3v) is 5.26. The zero-order valence-electron chi connectivity index (χ0n) is 17.1. The quantitative estimate of drug-likeness (QED) is 0.267. The third kappa shape index (κ3) is 4.78. The Morgan fingerprint density at radius 2 is 1.78 bits per heavy atom. The molecule has 0 aliphatic carbocycles. The molecule has 0 bridgehead atoms. The highest BCUT2D eigenvalue weighted by Crippen LogP contribution is 2.27. The van der Waals surface area contributed by atoms with Crippen LogP contribution in [0, 0.1) is 24.0 Å². The van der Waals surface area contributed by atoms with Crippen molar-refractivity contribution in [3.63, 3.8) is 0 Å². The molecule has 0 saturated carbocycles. The van der Waals surface area contributed by atoms with Crippen LogP contribution in [0.5, 0.6) is 0 Å². The van der Waals surface area contributed by atoms with Gasteiger partial charge in [0.1, 0.15) is 18.3 Å². The number of aryl methyl sites for hydroxylation is 2. The molecule has 0 spiro atoms. The summed E-state index contributed by atoms with van der Waals surface area (Å²) in [6.45, 7) is 3.83. The third-order valence-electron chi connectivity index (χ3n) is 4.38. The summed E-state index contributed by atoms with van der Waals surface area (Å²) in [6, 6.07) is 13.3. The highest BCUT2D eigenvalue weighted by molar-refractivity contribution is 7.99. The number of benzene rings is 2. The Morgan fingerprint density at radius 3 is 2.41 bits per heavy atom. The van der Waals surface area contributed by atoms with Gasteiger partial charge in [-0.2, -0.15) is 5.10 Å². The van der Waals surface area contributed by atoms with Gasteiger partial charge in [0, 0.05) is 33.6 Å². The summed E-state index contributed by atoms with van der Waals surface area (Å²) < 4.78 is 1.27. The van der Waals surface area contributed by atoms with Crippen LogP contribution in [0.3, 0.4) is 0 Å². The molecule has 0 saturated heterocycles. The van der Waals surface area contributed by atoms with Crippen LogP contribution in [0.2, 0.25) is 0 Å². The van der Waals surface area contributed by atoms with Crippen LogP contribution in [0.25, 0.3) is 5.69 Å². The van der Waals surface area contributed by atoms with E-state index in [1.807, 2.05) is 32.0 Å². The number of aromatic nitrogens is 5. The lowest BCUT2D eigenvalue weighted by Crippen LogP contribution is -2.13. The van der Waals surface area contributed by atoms with E-state index in [9.17, 15) is 14.9 Å². The summed E-state index contributed by atoms with van der Waals surface area (Å²) in [5.41, 5.74) is 2.48. The first kappa shape index (κ1) is 21.1. The molecule has 0 aliphatic rings. The minimum atomic E-state index is -0.561. The fourth-order valence-corrected chi connectivity index (χ4v) is 3.85. The number of amides is 1. The lowest BCUT2D eigenvalue weighted by Gasteiger charge is -2.08. The van der Waals surface area contributed by atoms with Crippen LogP contribution in [0.15, 0.2) is 71.2 Å². The molecule has 1 N–H and O–H groups in total. The molecule has 160 valence electrons. The van der Waals surface area contributed by atoms with E-state index in [0.717, 1.165) is 16.3 Å². The maximum atomic E-state index is 12.6. The van der Waals surface area contributed by atoms with Crippen molar-refractivity contribution in [1.29, 1.82) is 0 Å². The largest absolute Gasteiger partial charge is 0.322 e. The van der Waals surface area contributed by atoms with Gasteiger partial charge in [-0.05, 0) is 68.1 Å². The lowest BCUT2D eigenvalue weighted by atomic mass is 10.1. The van der Waals surface area contributed by atoms with Crippen molar-refractivity contribution in [3.05, 3.63) is 88.3 Å². The SMILES string of the molecule is Cc1cc(C)nc(Sc2ccc(NC(=O)c3ccc(-n4cncn4)c([N+](=O)[O-])c3)cc2)n1. The van der Waals surface area contributed by atoms with E-state index in [2.05, 4.69) is 25.4 Å². The van der Waals surface area contributed by atoms with Crippen molar-refractivity contribution in [3.8, 4) is 5.69 Å². The smallest absolute Gasteiger partial charge is 0.295 e. The Hall–Kier alpha value is -4.12. The summed E-state index contributed by atoms with van der Waals surface area (Å²) in [5.74, 6) is -0.462. The Morgan fingerprint density at radius 1 is 1.06 bits per heavy atom. The molecule has 32 heavy (non-hydrogen) atoms. The number of nitrogens with zero attached hydrogens (tertiary/aromatic N) is 6. The van der Waals surface area contributed by atoms with Gasteiger partial charge >= 0.3 is 0 Å². The summed E-state index contributed by atoms with van der Waals surface area (Å²) >= 11 is 1.42. The fraction of sp³-hybridized carbons (Fsp3) is 0.0952. The molecular formula is C21H17N7O3S. The first-order chi connectivity index (χ1) is 15.4. The van der Waals surface area contributed by atoms with Gasteiger partial charge in [0.2, 0.25) is 0 Å². The van der Waals surface area contributed by atoms with Crippen LogP contribution in [0.1, 0.15) is 21.7 Å². The second-order valence-electron chi connectivity index (χ2n) is 6.81. The molecule has 4 aromatic rings. The van der Waals surface area contributed by atoms with Gasteiger partial charge < -0.3 is 5.32 Å². The van der Waals surface area contributed by atoms with E-state index < -0.39 is 10.8 Å². The van der Waals surface area contributed by atoms with Gasteiger partial charge in [-0.1, -0.05) is 0 Å². The number of hydrogen-bond acceptors (Lipinski definition) is 8. The molecule has 2 aromatic carbocycles. The van der Waals surface area contributed by atoms with Crippen molar-refractivity contribution in [2.24, 2.45) is 0 Å². The maximum Gasteiger partial charge on any atom is 0.295 e.